The Morgan fingerprint density at radius 1 is 1.03 bits per heavy atom. The fourth-order valence-corrected chi connectivity index (χ4v) is 5.47. The van der Waals surface area contributed by atoms with E-state index in [4.69, 9.17) is 5.21 Å². The van der Waals surface area contributed by atoms with Crippen LogP contribution in [0.2, 0.25) is 0 Å². The van der Waals surface area contributed by atoms with E-state index in [1.54, 1.807) is 23.8 Å². The molecule has 1 aliphatic rings. The number of carbonyl (C=O) groups is 2. The molecule has 0 bridgehead atoms. The van der Waals surface area contributed by atoms with Crippen molar-refractivity contribution in [3.63, 3.8) is 0 Å². The number of nitrogens with one attached hydrogen (secondary N) is 2. The smallest absolute Gasteiger partial charge is 0.247 e. The van der Waals surface area contributed by atoms with Crippen LogP contribution in [0.4, 0.5) is 4.39 Å². The molecule has 1 unspecified atom stereocenters. The van der Waals surface area contributed by atoms with Gasteiger partial charge in [-0.25, -0.2) is 9.87 Å². The van der Waals surface area contributed by atoms with E-state index in [-0.39, 0.29) is 36.0 Å². The molecule has 0 radical (unpaired) electrons. The highest BCUT2D eigenvalue weighted by atomic mass is 19.1. The lowest BCUT2D eigenvalue weighted by atomic mass is 9.71. The molecule has 1 atom stereocenters. The molecule has 1 fully saturated rings. The van der Waals surface area contributed by atoms with E-state index in [1.807, 2.05) is 44.2 Å². The van der Waals surface area contributed by atoms with Crippen LogP contribution >= 0.6 is 0 Å². The zero-order chi connectivity index (χ0) is 25.7. The summed E-state index contributed by atoms with van der Waals surface area (Å²) in [6.07, 6.45) is 6.27. The molecule has 3 N–H and O–H groups in total. The number of hydroxylamine groups is 1. The maximum Gasteiger partial charge on any atom is 0.247 e. The molecular weight excluding hydrogens is 457 g/mol. The Morgan fingerprint density at radius 2 is 1.72 bits per heavy atom. The number of aromatic nitrogens is 1. The average Bonchev–Trinajstić information content (AvgIpc) is 2.87. The quantitative estimate of drug-likeness (QED) is 0.303. The third-order valence-electron chi connectivity index (χ3n) is 7.25. The SMILES string of the molecule is CC(C)NC(=O)C(Cc1ccc(CC(=O)NO)cc1)[C@H]1CC[C@@H](c2ccnc3ccc(F)cc32)CC1. The van der Waals surface area contributed by atoms with Crippen LogP contribution in [-0.4, -0.2) is 28.0 Å². The molecule has 1 aromatic heterocycles. The van der Waals surface area contributed by atoms with Crippen molar-refractivity contribution in [1.29, 1.82) is 0 Å². The van der Waals surface area contributed by atoms with Gasteiger partial charge in [-0.1, -0.05) is 24.3 Å². The van der Waals surface area contributed by atoms with Crippen LogP contribution in [0.3, 0.4) is 0 Å². The van der Waals surface area contributed by atoms with E-state index in [2.05, 4.69) is 10.3 Å². The first-order chi connectivity index (χ1) is 17.3. The minimum Gasteiger partial charge on any atom is -0.354 e. The van der Waals surface area contributed by atoms with Crippen LogP contribution in [0.25, 0.3) is 10.9 Å². The summed E-state index contributed by atoms with van der Waals surface area (Å²) >= 11 is 0. The van der Waals surface area contributed by atoms with Crippen molar-refractivity contribution in [2.45, 2.75) is 64.3 Å². The molecule has 3 aromatic rings. The fourth-order valence-electron chi connectivity index (χ4n) is 5.47. The van der Waals surface area contributed by atoms with Crippen molar-refractivity contribution in [3.05, 3.63) is 77.2 Å². The van der Waals surface area contributed by atoms with Gasteiger partial charge >= 0.3 is 0 Å². The van der Waals surface area contributed by atoms with E-state index in [0.29, 0.717) is 12.3 Å². The van der Waals surface area contributed by atoms with Crippen LogP contribution in [0.15, 0.2) is 54.7 Å². The van der Waals surface area contributed by atoms with E-state index < -0.39 is 5.91 Å². The fraction of sp³-hybridized carbons (Fsp3) is 0.414. The molecule has 6 nitrogen and oxygen atoms in total. The van der Waals surface area contributed by atoms with Gasteiger partial charge in [0.25, 0.3) is 0 Å². The summed E-state index contributed by atoms with van der Waals surface area (Å²) in [6, 6.07) is 14.5. The number of carbonyl (C=O) groups excluding carboxylic acids is 2. The number of benzene rings is 2. The zero-order valence-electron chi connectivity index (χ0n) is 20.8. The summed E-state index contributed by atoms with van der Waals surface area (Å²) in [6.45, 7) is 3.95. The van der Waals surface area contributed by atoms with E-state index >= 15 is 0 Å². The normalized spacial score (nSPS) is 18.7. The summed E-state index contributed by atoms with van der Waals surface area (Å²) in [7, 11) is 0. The lowest BCUT2D eigenvalue weighted by Crippen LogP contribution is -2.40. The predicted molar refractivity (Wildman–Crippen MR) is 137 cm³/mol. The highest BCUT2D eigenvalue weighted by Crippen LogP contribution is 2.41. The third kappa shape index (κ3) is 6.26. The number of rotatable bonds is 8. The molecule has 1 heterocycles. The van der Waals surface area contributed by atoms with Crippen molar-refractivity contribution in [2.75, 3.05) is 0 Å². The maximum atomic E-state index is 14.0. The largest absolute Gasteiger partial charge is 0.354 e. The lowest BCUT2D eigenvalue weighted by molar-refractivity contribution is -0.128. The number of pyridine rings is 1. The average molecular weight is 492 g/mol. The van der Waals surface area contributed by atoms with E-state index in [1.165, 1.54) is 6.07 Å². The Balaban J connectivity index is 1.48. The Kier molecular flexibility index (Phi) is 8.31. The second-order valence-electron chi connectivity index (χ2n) is 10.2. The van der Waals surface area contributed by atoms with E-state index in [0.717, 1.165) is 53.3 Å². The van der Waals surface area contributed by atoms with Crippen LogP contribution in [0.1, 0.15) is 62.1 Å². The van der Waals surface area contributed by atoms with Gasteiger partial charge in [0.1, 0.15) is 5.82 Å². The number of amides is 2. The maximum absolute atomic E-state index is 14.0. The first-order valence-corrected chi connectivity index (χ1v) is 12.7. The molecule has 36 heavy (non-hydrogen) atoms. The Labute approximate surface area is 211 Å². The molecule has 0 saturated heterocycles. The molecule has 4 rings (SSSR count). The van der Waals surface area contributed by atoms with Gasteiger partial charge in [0.15, 0.2) is 0 Å². The monoisotopic (exact) mass is 491 g/mol. The van der Waals surface area contributed by atoms with Crippen LogP contribution in [0.5, 0.6) is 0 Å². The first kappa shape index (κ1) is 25.8. The number of halogens is 1. The minimum atomic E-state index is -0.460. The van der Waals surface area contributed by atoms with Gasteiger partial charge in [-0.15, -0.1) is 0 Å². The Bertz CT molecular complexity index is 1200. The highest BCUT2D eigenvalue weighted by molar-refractivity contribution is 5.82. The molecule has 0 aliphatic heterocycles. The zero-order valence-corrected chi connectivity index (χ0v) is 20.8. The Hall–Kier alpha value is -3.32. The Morgan fingerprint density at radius 3 is 2.39 bits per heavy atom. The topological polar surface area (TPSA) is 91.3 Å². The van der Waals surface area contributed by atoms with Crippen molar-refractivity contribution in [3.8, 4) is 0 Å². The van der Waals surface area contributed by atoms with Gasteiger partial charge in [0.05, 0.1) is 11.9 Å². The van der Waals surface area contributed by atoms with Crippen molar-refractivity contribution >= 4 is 22.7 Å². The van der Waals surface area contributed by atoms with Crippen molar-refractivity contribution < 1.29 is 19.2 Å². The summed E-state index contributed by atoms with van der Waals surface area (Å²) in [5.41, 5.74) is 5.45. The molecular formula is C29H34FN3O3. The molecule has 2 amide bonds. The van der Waals surface area contributed by atoms with E-state index in [9.17, 15) is 14.0 Å². The predicted octanol–water partition coefficient (Wildman–Crippen LogP) is 5.08. The summed E-state index contributed by atoms with van der Waals surface area (Å²) < 4.78 is 14.0. The van der Waals surface area contributed by atoms with Gasteiger partial charge < -0.3 is 5.32 Å². The number of nitrogens with zero attached hydrogens (tertiary/aromatic N) is 1. The highest BCUT2D eigenvalue weighted by Gasteiger charge is 2.33. The molecule has 190 valence electrons. The van der Waals surface area contributed by atoms with Gasteiger partial charge in [0.2, 0.25) is 11.8 Å². The molecule has 7 heteroatoms. The van der Waals surface area contributed by atoms with Gasteiger partial charge in [0, 0.05) is 23.5 Å². The summed E-state index contributed by atoms with van der Waals surface area (Å²) in [4.78, 5) is 29.0. The summed E-state index contributed by atoms with van der Waals surface area (Å²) in [5, 5.41) is 12.7. The van der Waals surface area contributed by atoms with Crippen LogP contribution in [-0.2, 0) is 22.4 Å². The number of hydrogen-bond donors (Lipinski definition) is 3. The molecule has 1 aliphatic carbocycles. The minimum absolute atomic E-state index is 0.0637. The second-order valence-corrected chi connectivity index (χ2v) is 10.2. The molecule has 1 saturated carbocycles. The van der Waals surface area contributed by atoms with Crippen molar-refractivity contribution in [1.82, 2.24) is 15.8 Å². The van der Waals surface area contributed by atoms with Crippen LogP contribution in [0, 0.1) is 17.7 Å². The number of hydrogen-bond acceptors (Lipinski definition) is 4. The molecule has 0 spiro atoms. The van der Waals surface area contributed by atoms with Gasteiger partial charge in [-0.05, 0) is 98.7 Å². The second kappa shape index (κ2) is 11.6. The molecule has 2 aromatic carbocycles. The van der Waals surface area contributed by atoms with Crippen molar-refractivity contribution in [2.24, 2.45) is 11.8 Å². The van der Waals surface area contributed by atoms with Gasteiger partial charge in [-0.3, -0.25) is 19.8 Å². The third-order valence-corrected chi connectivity index (χ3v) is 7.25. The number of fused-ring (bicyclic) bond motifs is 1. The standard InChI is InChI=1S/C29H34FN3O3/c1-18(2)32-29(35)25(15-19-3-5-20(6-4-19)16-28(34)33-36)22-9-7-21(8-10-22)24-13-14-31-27-12-11-23(30)17-26(24)27/h3-6,11-14,17-18,21-22,25,36H,7-10,15-16H2,1-2H3,(H,32,35)(H,33,34)/t21-,22+,25?. The lowest BCUT2D eigenvalue weighted by Gasteiger charge is -2.34. The van der Waals surface area contributed by atoms with Gasteiger partial charge in [-0.2, -0.15) is 0 Å². The summed E-state index contributed by atoms with van der Waals surface area (Å²) in [5.74, 6) is -0.207. The van der Waals surface area contributed by atoms with Crippen LogP contribution < -0.4 is 10.8 Å². The first-order valence-electron chi connectivity index (χ1n) is 12.7.